The number of hydrogen-bond donors (Lipinski definition) is 1. The van der Waals surface area contributed by atoms with E-state index in [9.17, 15) is 4.39 Å². The molecule has 2 rings (SSSR count). The average molecular weight is 260 g/mol. The molecule has 0 aliphatic carbocycles. The molecule has 0 aliphatic rings. The molecule has 0 unspecified atom stereocenters. The second-order valence-corrected chi connectivity index (χ2v) is 4.94. The molecule has 2 aromatic rings. The van der Waals surface area contributed by atoms with E-state index in [0.29, 0.717) is 11.4 Å². The molecular weight excluding hydrogens is 247 g/mol. The normalized spacial score (nSPS) is 10.3. The van der Waals surface area contributed by atoms with Crippen molar-refractivity contribution in [1.29, 1.82) is 5.26 Å². The van der Waals surface area contributed by atoms with Crippen LogP contribution in [0.4, 0.5) is 4.39 Å². The van der Waals surface area contributed by atoms with Crippen molar-refractivity contribution in [3.63, 3.8) is 0 Å². The lowest BCUT2D eigenvalue weighted by atomic mass is 10.1. The molecule has 0 fully saturated rings. The third-order valence-corrected chi connectivity index (χ3v) is 3.64. The molecular formula is C14H13FN2S. The lowest BCUT2D eigenvalue weighted by molar-refractivity contribution is 0.622. The molecule has 1 heterocycles. The maximum absolute atomic E-state index is 13.3. The molecule has 1 aromatic heterocycles. The Bertz CT molecular complexity index is 584. The van der Waals surface area contributed by atoms with Crippen LogP contribution in [0.3, 0.4) is 0 Å². The van der Waals surface area contributed by atoms with Crippen LogP contribution in [0.5, 0.6) is 0 Å². The van der Waals surface area contributed by atoms with E-state index in [1.54, 1.807) is 18.2 Å². The molecule has 0 bridgehead atoms. The molecule has 4 heteroatoms. The van der Waals surface area contributed by atoms with Crippen molar-refractivity contribution < 1.29 is 4.39 Å². The fourth-order valence-electron chi connectivity index (χ4n) is 1.75. The number of benzene rings is 1. The molecule has 1 aromatic carbocycles. The summed E-state index contributed by atoms with van der Waals surface area (Å²) >= 11 is 1.43. The van der Waals surface area contributed by atoms with E-state index in [-0.39, 0.29) is 5.82 Å². The van der Waals surface area contributed by atoms with Crippen LogP contribution in [0.25, 0.3) is 10.4 Å². The van der Waals surface area contributed by atoms with Crippen molar-refractivity contribution in [3.8, 4) is 16.5 Å². The molecule has 0 atom stereocenters. The minimum atomic E-state index is -0.233. The highest BCUT2D eigenvalue weighted by molar-refractivity contribution is 7.16. The third kappa shape index (κ3) is 2.76. The van der Waals surface area contributed by atoms with Crippen LogP contribution in [-0.4, -0.2) is 6.54 Å². The Labute approximate surface area is 110 Å². The van der Waals surface area contributed by atoms with E-state index < -0.39 is 0 Å². The average Bonchev–Trinajstić information content (AvgIpc) is 2.85. The first-order valence-electron chi connectivity index (χ1n) is 5.74. The van der Waals surface area contributed by atoms with Crippen molar-refractivity contribution in [2.75, 3.05) is 6.54 Å². The Hall–Kier alpha value is -1.70. The molecule has 0 amide bonds. The van der Waals surface area contributed by atoms with Gasteiger partial charge in [-0.1, -0.05) is 13.0 Å². The van der Waals surface area contributed by atoms with Crippen LogP contribution >= 0.6 is 11.3 Å². The van der Waals surface area contributed by atoms with Crippen LogP contribution in [0.15, 0.2) is 30.3 Å². The van der Waals surface area contributed by atoms with E-state index in [2.05, 4.69) is 11.4 Å². The third-order valence-electron chi connectivity index (χ3n) is 2.61. The summed E-state index contributed by atoms with van der Waals surface area (Å²) in [4.78, 5) is 1.67. The second kappa shape index (κ2) is 5.76. The number of nitrogens with one attached hydrogen (secondary N) is 1. The minimum Gasteiger partial charge on any atom is -0.313 e. The van der Waals surface area contributed by atoms with Gasteiger partial charge in [0, 0.05) is 11.4 Å². The summed E-state index contributed by atoms with van der Waals surface area (Å²) < 4.78 is 13.3. The van der Waals surface area contributed by atoms with Gasteiger partial charge in [0.05, 0.1) is 0 Å². The predicted molar refractivity (Wildman–Crippen MR) is 71.8 cm³/mol. The second-order valence-electron chi connectivity index (χ2n) is 3.86. The topological polar surface area (TPSA) is 35.8 Å². The van der Waals surface area contributed by atoms with Gasteiger partial charge in [0.15, 0.2) is 0 Å². The summed E-state index contributed by atoms with van der Waals surface area (Å²) in [5.41, 5.74) is 1.91. The van der Waals surface area contributed by atoms with Crippen LogP contribution in [0, 0.1) is 17.1 Å². The summed E-state index contributed by atoms with van der Waals surface area (Å²) in [5, 5.41) is 12.0. The Morgan fingerprint density at radius 1 is 1.33 bits per heavy atom. The summed E-state index contributed by atoms with van der Waals surface area (Å²) in [6.07, 6.45) is 0. The molecule has 1 N–H and O–H groups in total. The fraction of sp³-hybridized carbons (Fsp3) is 0.214. The predicted octanol–water partition coefficient (Wildman–Crippen LogP) is 3.54. The molecule has 0 saturated heterocycles. The summed E-state index contributed by atoms with van der Waals surface area (Å²) in [6, 6.07) is 10.6. The zero-order valence-electron chi connectivity index (χ0n) is 10.0. The van der Waals surface area contributed by atoms with Gasteiger partial charge >= 0.3 is 0 Å². The van der Waals surface area contributed by atoms with Crippen molar-refractivity contribution >= 4 is 11.3 Å². The maximum atomic E-state index is 13.3. The Balaban J connectivity index is 2.39. The smallest absolute Gasteiger partial charge is 0.123 e. The van der Waals surface area contributed by atoms with Crippen molar-refractivity contribution in [2.24, 2.45) is 0 Å². The van der Waals surface area contributed by atoms with E-state index >= 15 is 0 Å². The first-order chi connectivity index (χ1) is 8.74. The monoisotopic (exact) mass is 260 g/mol. The van der Waals surface area contributed by atoms with Gasteiger partial charge in [-0.3, -0.25) is 0 Å². The van der Waals surface area contributed by atoms with Gasteiger partial charge in [-0.05, 0) is 41.9 Å². The Kier molecular flexibility index (Phi) is 4.08. The van der Waals surface area contributed by atoms with E-state index in [4.69, 9.17) is 5.26 Å². The molecule has 0 spiro atoms. The summed E-state index contributed by atoms with van der Waals surface area (Å²) in [7, 11) is 0. The maximum Gasteiger partial charge on any atom is 0.123 e. The minimum absolute atomic E-state index is 0.233. The largest absolute Gasteiger partial charge is 0.313 e. The first kappa shape index (κ1) is 12.7. The number of nitrogens with zero attached hydrogens (tertiary/aromatic N) is 1. The Morgan fingerprint density at radius 3 is 2.83 bits per heavy atom. The summed E-state index contributed by atoms with van der Waals surface area (Å²) in [6.45, 7) is 3.48. The molecule has 18 heavy (non-hydrogen) atoms. The molecule has 0 radical (unpaired) electrons. The number of rotatable bonds is 4. The highest BCUT2D eigenvalue weighted by Crippen LogP contribution is 2.30. The van der Waals surface area contributed by atoms with Gasteiger partial charge in [0.25, 0.3) is 0 Å². The van der Waals surface area contributed by atoms with E-state index in [0.717, 1.165) is 22.5 Å². The molecule has 0 aliphatic heterocycles. The molecule has 92 valence electrons. The SMILES string of the molecule is CCNCc1cc(F)ccc1-c1ccc(C#N)s1. The number of thiophene rings is 1. The van der Waals surface area contributed by atoms with Gasteiger partial charge in [0.1, 0.15) is 16.8 Å². The van der Waals surface area contributed by atoms with Crippen LogP contribution in [0.2, 0.25) is 0 Å². The molecule has 2 nitrogen and oxygen atoms in total. The van der Waals surface area contributed by atoms with Crippen molar-refractivity contribution in [3.05, 3.63) is 46.6 Å². The van der Waals surface area contributed by atoms with Gasteiger partial charge in [-0.25, -0.2) is 4.39 Å². The van der Waals surface area contributed by atoms with E-state index in [1.807, 2.05) is 13.0 Å². The van der Waals surface area contributed by atoms with Gasteiger partial charge in [0.2, 0.25) is 0 Å². The van der Waals surface area contributed by atoms with Crippen molar-refractivity contribution in [2.45, 2.75) is 13.5 Å². The van der Waals surface area contributed by atoms with E-state index in [1.165, 1.54) is 17.4 Å². The zero-order valence-corrected chi connectivity index (χ0v) is 10.9. The lowest BCUT2D eigenvalue weighted by Gasteiger charge is -2.08. The van der Waals surface area contributed by atoms with Gasteiger partial charge < -0.3 is 5.32 Å². The molecule has 0 saturated carbocycles. The van der Waals surface area contributed by atoms with Gasteiger partial charge in [-0.2, -0.15) is 5.26 Å². The first-order valence-corrected chi connectivity index (χ1v) is 6.55. The lowest BCUT2D eigenvalue weighted by Crippen LogP contribution is -2.12. The standard InChI is InChI=1S/C14H13FN2S/c1-2-17-9-10-7-11(15)3-5-13(10)14-6-4-12(8-16)18-14/h3-7,17H,2,9H2,1H3. The van der Waals surface area contributed by atoms with Crippen LogP contribution in [0.1, 0.15) is 17.4 Å². The van der Waals surface area contributed by atoms with Crippen LogP contribution in [-0.2, 0) is 6.54 Å². The summed E-state index contributed by atoms with van der Waals surface area (Å²) in [5.74, 6) is -0.233. The number of hydrogen-bond acceptors (Lipinski definition) is 3. The van der Waals surface area contributed by atoms with Crippen LogP contribution < -0.4 is 5.32 Å². The number of nitriles is 1. The number of halogens is 1. The fourth-order valence-corrected chi connectivity index (χ4v) is 2.62. The van der Waals surface area contributed by atoms with Gasteiger partial charge in [-0.15, -0.1) is 11.3 Å². The highest BCUT2D eigenvalue weighted by atomic mass is 32.1. The highest BCUT2D eigenvalue weighted by Gasteiger charge is 2.09. The quantitative estimate of drug-likeness (QED) is 0.912. The Morgan fingerprint density at radius 2 is 2.17 bits per heavy atom. The zero-order chi connectivity index (χ0) is 13.0. The van der Waals surface area contributed by atoms with Crippen molar-refractivity contribution in [1.82, 2.24) is 5.32 Å².